The van der Waals surface area contributed by atoms with E-state index in [4.69, 9.17) is 11.5 Å². The summed E-state index contributed by atoms with van der Waals surface area (Å²) < 4.78 is 12.9. The first-order chi connectivity index (χ1) is 7.63. The zero-order chi connectivity index (χ0) is 12.0. The molecule has 0 heterocycles. The van der Waals surface area contributed by atoms with Crippen molar-refractivity contribution in [1.29, 1.82) is 0 Å². The highest BCUT2D eigenvalue weighted by molar-refractivity contribution is 5.95. The molecule has 1 aromatic rings. The van der Waals surface area contributed by atoms with Gasteiger partial charge in [-0.05, 0) is 5.56 Å². The second-order valence-corrected chi connectivity index (χ2v) is 3.24. The largest absolute Gasteiger partial charge is 0.402 e. The third-order valence-corrected chi connectivity index (χ3v) is 1.92. The quantitative estimate of drug-likeness (QED) is 0.599. The van der Waals surface area contributed by atoms with E-state index < -0.39 is 5.83 Å². The average molecular weight is 219 g/mol. The topological polar surface area (TPSA) is 64.4 Å². The number of amidine groups is 1. The smallest absolute Gasteiger partial charge is 0.180 e. The van der Waals surface area contributed by atoms with Gasteiger partial charge in [0, 0.05) is 18.3 Å². The highest BCUT2D eigenvalue weighted by Gasteiger charge is 2.01. The maximum atomic E-state index is 12.9. The molecule has 0 aliphatic rings. The number of nitrogens with zero attached hydrogens (tertiary/aromatic N) is 1. The summed E-state index contributed by atoms with van der Waals surface area (Å²) >= 11 is 0. The average Bonchev–Trinajstić information content (AvgIpc) is 2.29. The Morgan fingerprint density at radius 1 is 1.38 bits per heavy atom. The van der Waals surface area contributed by atoms with Crippen molar-refractivity contribution in [3.05, 3.63) is 60.2 Å². The van der Waals surface area contributed by atoms with Gasteiger partial charge in [-0.25, -0.2) is 9.38 Å². The maximum absolute atomic E-state index is 12.9. The van der Waals surface area contributed by atoms with Gasteiger partial charge < -0.3 is 11.5 Å². The molecule has 0 aliphatic heterocycles. The Morgan fingerprint density at radius 2 is 2.00 bits per heavy atom. The van der Waals surface area contributed by atoms with Crippen molar-refractivity contribution in [1.82, 2.24) is 0 Å². The van der Waals surface area contributed by atoms with Crippen LogP contribution < -0.4 is 11.5 Å². The zero-order valence-corrected chi connectivity index (χ0v) is 8.86. The lowest BCUT2D eigenvalue weighted by atomic mass is 10.1. The molecule has 16 heavy (non-hydrogen) atoms. The van der Waals surface area contributed by atoms with Gasteiger partial charge >= 0.3 is 0 Å². The van der Waals surface area contributed by atoms with Gasteiger partial charge in [0.2, 0.25) is 0 Å². The van der Waals surface area contributed by atoms with Gasteiger partial charge in [-0.3, -0.25) is 0 Å². The van der Waals surface area contributed by atoms with Crippen molar-refractivity contribution >= 4 is 5.84 Å². The second-order valence-electron chi connectivity index (χ2n) is 3.24. The number of nitrogens with two attached hydrogens (primary N) is 2. The summed E-state index contributed by atoms with van der Waals surface area (Å²) in [5.41, 5.74) is 11.9. The highest BCUT2D eigenvalue weighted by Crippen LogP contribution is 2.08. The van der Waals surface area contributed by atoms with Crippen molar-refractivity contribution in [3.8, 4) is 0 Å². The van der Waals surface area contributed by atoms with Crippen molar-refractivity contribution in [2.45, 2.75) is 6.42 Å². The van der Waals surface area contributed by atoms with Crippen molar-refractivity contribution < 1.29 is 4.39 Å². The molecular formula is C12H14FN3. The van der Waals surface area contributed by atoms with E-state index in [0.29, 0.717) is 12.1 Å². The summed E-state index contributed by atoms with van der Waals surface area (Å²) in [4.78, 5) is 3.82. The van der Waals surface area contributed by atoms with Crippen LogP contribution in [0.15, 0.2) is 59.6 Å². The molecule has 0 saturated heterocycles. The molecule has 0 fully saturated rings. The SMILES string of the molecule is C=C(Cc1ccccc1)N=C(N)C(F)=CN. The molecule has 0 bridgehead atoms. The van der Waals surface area contributed by atoms with Crippen LogP contribution in [0.5, 0.6) is 0 Å². The Kier molecular flexibility index (Phi) is 4.27. The fourth-order valence-corrected chi connectivity index (χ4v) is 1.18. The number of hydrogen-bond acceptors (Lipinski definition) is 2. The predicted octanol–water partition coefficient (Wildman–Crippen LogP) is 1.87. The van der Waals surface area contributed by atoms with Crippen LogP contribution in [-0.4, -0.2) is 5.84 Å². The molecule has 3 nitrogen and oxygen atoms in total. The van der Waals surface area contributed by atoms with E-state index in [1.165, 1.54) is 0 Å². The van der Waals surface area contributed by atoms with Crippen LogP contribution in [0.4, 0.5) is 4.39 Å². The van der Waals surface area contributed by atoms with Crippen LogP contribution in [-0.2, 0) is 6.42 Å². The number of allylic oxidation sites excluding steroid dienone is 1. The monoisotopic (exact) mass is 219 g/mol. The van der Waals surface area contributed by atoms with E-state index in [2.05, 4.69) is 11.6 Å². The lowest BCUT2D eigenvalue weighted by Crippen LogP contribution is -2.13. The molecule has 0 unspecified atom stereocenters. The Hall–Kier alpha value is -2.10. The number of halogens is 1. The lowest BCUT2D eigenvalue weighted by molar-refractivity contribution is 0.675. The normalized spacial score (nSPS) is 12.6. The fraction of sp³-hybridized carbons (Fsp3) is 0.0833. The van der Waals surface area contributed by atoms with E-state index in [9.17, 15) is 4.39 Å². The molecule has 0 saturated carbocycles. The van der Waals surface area contributed by atoms with Gasteiger partial charge in [0.05, 0.1) is 0 Å². The summed E-state index contributed by atoms with van der Waals surface area (Å²) in [6.07, 6.45) is 1.30. The Balaban J connectivity index is 2.68. The summed E-state index contributed by atoms with van der Waals surface area (Å²) in [7, 11) is 0. The molecular weight excluding hydrogens is 205 g/mol. The van der Waals surface area contributed by atoms with Gasteiger partial charge in [0.1, 0.15) is 0 Å². The molecule has 0 aliphatic carbocycles. The lowest BCUT2D eigenvalue weighted by Gasteiger charge is -2.02. The minimum absolute atomic E-state index is 0.247. The molecule has 0 amide bonds. The molecule has 0 radical (unpaired) electrons. The molecule has 1 aromatic carbocycles. The molecule has 0 aromatic heterocycles. The van der Waals surface area contributed by atoms with Crippen molar-refractivity contribution in [2.75, 3.05) is 0 Å². The number of aliphatic imine (C=N–C) groups is 1. The standard InChI is InChI=1S/C12H14FN3/c1-9(16-12(15)11(13)8-14)7-10-5-3-2-4-6-10/h2-6,8H,1,7,14H2,(H2,15,16). The molecule has 4 N–H and O–H groups in total. The Morgan fingerprint density at radius 3 is 2.56 bits per heavy atom. The fourth-order valence-electron chi connectivity index (χ4n) is 1.18. The third kappa shape index (κ3) is 3.57. The van der Waals surface area contributed by atoms with Crippen LogP contribution in [0.1, 0.15) is 5.56 Å². The Labute approximate surface area is 94.0 Å². The van der Waals surface area contributed by atoms with Crippen LogP contribution in [0.2, 0.25) is 0 Å². The zero-order valence-electron chi connectivity index (χ0n) is 8.86. The highest BCUT2D eigenvalue weighted by atomic mass is 19.1. The molecule has 0 spiro atoms. The van der Waals surface area contributed by atoms with Gasteiger partial charge in [-0.2, -0.15) is 0 Å². The third-order valence-electron chi connectivity index (χ3n) is 1.92. The molecule has 0 atom stereocenters. The van der Waals surface area contributed by atoms with E-state index >= 15 is 0 Å². The summed E-state index contributed by atoms with van der Waals surface area (Å²) in [6, 6.07) is 9.62. The summed E-state index contributed by atoms with van der Waals surface area (Å²) in [6.45, 7) is 3.70. The van der Waals surface area contributed by atoms with Crippen LogP contribution in [0.3, 0.4) is 0 Å². The van der Waals surface area contributed by atoms with E-state index in [-0.39, 0.29) is 5.84 Å². The van der Waals surface area contributed by atoms with Crippen LogP contribution in [0, 0.1) is 0 Å². The number of rotatable bonds is 4. The van der Waals surface area contributed by atoms with Crippen LogP contribution in [0.25, 0.3) is 0 Å². The molecule has 84 valence electrons. The second kappa shape index (κ2) is 5.70. The molecule has 4 heteroatoms. The number of hydrogen-bond donors (Lipinski definition) is 2. The van der Waals surface area contributed by atoms with Gasteiger partial charge in [-0.15, -0.1) is 0 Å². The van der Waals surface area contributed by atoms with E-state index in [1.54, 1.807) is 0 Å². The number of benzene rings is 1. The van der Waals surface area contributed by atoms with E-state index in [0.717, 1.165) is 11.8 Å². The van der Waals surface area contributed by atoms with Crippen molar-refractivity contribution in [3.63, 3.8) is 0 Å². The van der Waals surface area contributed by atoms with Crippen LogP contribution >= 0.6 is 0 Å². The van der Waals surface area contributed by atoms with E-state index in [1.807, 2.05) is 30.3 Å². The van der Waals surface area contributed by atoms with Crippen molar-refractivity contribution in [2.24, 2.45) is 16.5 Å². The first-order valence-electron chi connectivity index (χ1n) is 4.77. The van der Waals surface area contributed by atoms with Gasteiger partial charge in [0.15, 0.2) is 11.7 Å². The van der Waals surface area contributed by atoms with Gasteiger partial charge in [0.25, 0.3) is 0 Å². The maximum Gasteiger partial charge on any atom is 0.180 e. The summed E-state index contributed by atoms with van der Waals surface area (Å²) in [5.74, 6) is -0.988. The molecule has 1 rings (SSSR count). The first kappa shape index (κ1) is 12.0. The minimum atomic E-state index is -0.741. The first-order valence-corrected chi connectivity index (χ1v) is 4.77. The Bertz CT molecular complexity index is 421. The van der Waals surface area contributed by atoms with Gasteiger partial charge in [-0.1, -0.05) is 36.9 Å². The minimum Gasteiger partial charge on any atom is -0.402 e. The summed E-state index contributed by atoms with van der Waals surface area (Å²) in [5, 5.41) is 0. The predicted molar refractivity (Wildman–Crippen MR) is 64.3 cm³/mol.